The third-order valence-electron chi connectivity index (χ3n) is 4.48. The minimum absolute atomic E-state index is 0.0323. The van der Waals surface area contributed by atoms with Crippen LogP contribution in [0.2, 0.25) is 0 Å². The standard InChI is InChI=1S/C16H20N2O3/c17-14(10-5-6-10)7-15(19)18-8-11-3-1-2-4-12(11)13(9-18)16(20)21/h1-4,10,13-14H,5-9,17H2,(H,20,21). The van der Waals surface area contributed by atoms with Crippen molar-refractivity contribution >= 4 is 11.9 Å². The molecule has 1 saturated carbocycles. The predicted octanol–water partition coefficient (Wildman–Crippen LogP) is 1.32. The summed E-state index contributed by atoms with van der Waals surface area (Å²) in [6, 6.07) is 7.37. The number of nitrogens with zero attached hydrogens (tertiary/aromatic N) is 1. The van der Waals surface area contributed by atoms with E-state index in [0.717, 1.165) is 24.0 Å². The first-order valence-corrected chi connectivity index (χ1v) is 7.40. The van der Waals surface area contributed by atoms with E-state index >= 15 is 0 Å². The topological polar surface area (TPSA) is 83.6 Å². The van der Waals surface area contributed by atoms with E-state index in [4.69, 9.17) is 5.73 Å². The van der Waals surface area contributed by atoms with Crippen LogP contribution in [0.15, 0.2) is 24.3 Å². The number of hydrogen-bond acceptors (Lipinski definition) is 3. The van der Waals surface area contributed by atoms with Gasteiger partial charge in [-0.1, -0.05) is 24.3 Å². The summed E-state index contributed by atoms with van der Waals surface area (Å²) < 4.78 is 0. The maximum absolute atomic E-state index is 12.4. The molecule has 1 aliphatic carbocycles. The maximum atomic E-state index is 12.4. The summed E-state index contributed by atoms with van der Waals surface area (Å²) in [5, 5.41) is 9.40. The molecular formula is C16H20N2O3. The molecule has 1 aromatic carbocycles. The first-order chi connectivity index (χ1) is 10.1. The SMILES string of the molecule is NC(CC(=O)N1Cc2ccccc2C(C(=O)O)C1)C1CC1. The summed E-state index contributed by atoms with van der Waals surface area (Å²) in [6.07, 6.45) is 2.53. The monoisotopic (exact) mass is 288 g/mol. The van der Waals surface area contributed by atoms with Crippen molar-refractivity contribution in [3.63, 3.8) is 0 Å². The number of rotatable bonds is 4. The highest BCUT2D eigenvalue weighted by Gasteiger charge is 2.35. The van der Waals surface area contributed by atoms with Gasteiger partial charge < -0.3 is 15.7 Å². The van der Waals surface area contributed by atoms with Gasteiger partial charge in [0.2, 0.25) is 5.91 Å². The smallest absolute Gasteiger partial charge is 0.312 e. The summed E-state index contributed by atoms with van der Waals surface area (Å²) in [7, 11) is 0. The van der Waals surface area contributed by atoms with E-state index in [1.54, 1.807) is 4.90 Å². The molecule has 3 N–H and O–H groups in total. The van der Waals surface area contributed by atoms with Gasteiger partial charge in [0.05, 0.1) is 5.92 Å². The van der Waals surface area contributed by atoms with Gasteiger partial charge >= 0.3 is 5.97 Å². The van der Waals surface area contributed by atoms with Crippen LogP contribution in [0.1, 0.15) is 36.3 Å². The van der Waals surface area contributed by atoms with Gasteiger partial charge in [-0.15, -0.1) is 0 Å². The quantitative estimate of drug-likeness (QED) is 0.875. The molecule has 1 amide bonds. The van der Waals surface area contributed by atoms with E-state index in [2.05, 4.69) is 0 Å². The number of carboxylic acid groups (broad SMARTS) is 1. The Morgan fingerprint density at radius 3 is 2.71 bits per heavy atom. The largest absolute Gasteiger partial charge is 0.481 e. The van der Waals surface area contributed by atoms with Crippen LogP contribution in [0.4, 0.5) is 0 Å². The average molecular weight is 288 g/mol. The molecule has 0 aromatic heterocycles. The van der Waals surface area contributed by atoms with E-state index in [-0.39, 0.29) is 18.5 Å². The van der Waals surface area contributed by atoms with Crippen LogP contribution >= 0.6 is 0 Å². The van der Waals surface area contributed by atoms with Crippen LogP contribution in [0.25, 0.3) is 0 Å². The lowest BCUT2D eigenvalue weighted by Crippen LogP contribution is -2.42. The van der Waals surface area contributed by atoms with Crippen LogP contribution in [-0.2, 0) is 16.1 Å². The van der Waals surface area contributed by atoms with Crippen LogP contribution in [0.5, 0.6) is 0 Å². The molecule has 112 valence electrons. The Hall–Kier alpha value is -1.88. The van der Waals surface area contributed by atoms with Gasteiger partial charge in [0.1, 0.15) is 0 Å². The van der Waals surface area contributed by atoms with Gasteiger partial charge in [-0.3, -0.25) is 9.59 Å². The fraction of sp³-hybridized carbons (Fsp3) is 0.500. The Balaban J connectivity index is 1.76. The third kappa shape index (κ3) is 2.93. The summed E-state index contributed by atoms with van der Waals surface area (Å²) in [5.74, 6) is -1.08. The van der Waals surface area contributed by atoms with Crippen LogP contribution < -0.4 is 5.73 Å². The molecule has 1 fully saturated rings. The van der Waals surface area contributed by atoms with Crippen LogP contribution in [-0.4, -0.2) is 34.5 Å². The number of amides is 1. The fourth-order valence-electron chi connectivity index (χ4n) is 3.03. The molecule has 1 aromatic rings. The predicted molar refractivity (Wildman–Crippen MR) is 77.6 cm³/mol. The minimum atomic E-state index is -0.883. The van der Waals surface area contributed by atoms with Gasteiger partial charge in [-0.05, 0) is 29.9 Å². The van der Waals surface area contributed by atoms with Crippen LogP contribution in [0, 0.1) is 5.92 Å². The Kier molecular flexibility index (Phi) is 3.68. The number of hydrogen-bond donors (Lipinski definition) is 2. The lowest BCUT2D eigenvalue weighted by Gasteiger charge is -2.33. The molecule has 2 aliphatic rings. The Morgan fingerprint density at radius 2 is 2.05 bits per heavy atom. The normalized spacial score (nSPS) is 22.5. The van der Waals surface area contributed by atoms with E-state index in [1.165, 1.54) is 0 Å². The second-order valence-corrected chi connectivity index (χ2v) is 6.07. The zero-order valence-corrected chi connectivity index (χ0v) is 11.9. The van der Waals surface area contributed by atoms with Crippen molar-refractivity contribution in [2.75, 3.05) is 6.54 Å². The number of fused-ring (bicyclic) bond motifs is 1. The Morgan fingerprint density at radius 1 is 1.33 bits per heavy atom. The third-order valence-corrected chi connectivity index (χ3v) is 4.48. The van der Waals surface area contributed by atoms with Crippen molar-refractivity contribution in [2.45, 2.75) is 37.8 Å². The molecule has 5 nitrogen and oxygen atoms in total. The highest BCUT2D eigenvalue weighted by atomic mass is 16.4. The van der Waals surface area contributed by atoms with E-state index in [9.17, 15) is 14.7 Å². The first kappa shape index (κ1) is 14.1. The van der Waals surface area contributed by atoms with Gasteiger partial charge in [0, 0.05) is 25.6 Å². The second-order valence-electron chi connectivity index (χ2n) is 6.07. The summed E-state index contributed by atoms with van der Waals surface area (Å²) in [5.41, 5.74) is 7.75. The van der Waals surface area contributed by atoms with E-state index < -0.39 is 11.9 Å². The molecule has 2 atom stereocenters. The molecule has 0 radical (unpaired) electrons. The maximum Gasteiger partial charge on any atom is 0.312 e. The minimum Gasteiger partial charge on any atom is -0.481 e. The zero-order chi connectivity index (χ0) is 15.0. The molecule has 1 aliphatic heterocycles. The number of carbonyl (C=O) groups is 2. The first-order valence-electron chi connectivity index (χ1n) is 7.40. The van der Waals surface area contributed by atoms with Crippen molar-refractivity contribution in [1.29, 1.82) is 0 Å². The van der Waals surface area contributed by atoms with E-state index in [1.807, 2.05) is 24.3 Å². The molecule has 0 spiro atoms. The molecule has 0 saturated heterocycles. The van der Waals surface area contributed by atoms with Crippen molar-refractivity contribution in [3.05, 3.63) is 35.4 Å². The average Bonchev–Trinajstić information content (AvgIpc) is 3.30. The van der Waals surface area contributed by atoms with Gasteiger partial charge in [-0.25, -0.2) is 0 Å². The number of carboxylic acids is 1. The highest BCUT2D eigenvalue weighted by Crippen LogP contribution is 2.34. The lowest BCUT2D eigenvalue weighted by molar-refractivity contribution is -0.141. The number of benzene rings is 1. The molecule has 5 heteroatoms. The fourth-order valence-corrected chi connectivity index (χ4v) is 3.03. The lowest BCUT2D eigenvalue weighted by atomic mass is 9.89. The number of aliphatic carboxylic acids is 1. The van der Waals surface area contributed by atoms with Gasteiger partial charge in [0.15, 0.2) is 0 Å². The van der Waals surface area contributed by atoms with Crippen molar-refractivity contribution in [2.24, 2.45) is 11.7 Å². The summed E-state index contributed by atoms with van der Waals surface area (Å²) in [6.45, 7) is 0.721. The van der Waals surface area contributed by atoms with Crippen LogP contribution in [0.3, 0.4) is 0 Å². The van der Waals surface area contributed by atoms with E-state index in [0.29, 0.717) is 18.9 Å². The molecule has 3 rings (SSSR count). The number of nitrogens with two attached hydrogens (primary N) is 1. The van der Waals surface area contributed by atoms with Crippen molar-refractivity contribution in [1.82, 2.24) is 4.90 Å². The summed E-state index contributed by atoms with van der Waals surface area (Å²) >= 11 is 0. The number of carbonyl (C=O) groups excluding carboxylic acids is 1. The highest BCUT2D eigenvalue weighted by molar-refractivity contribution is 5.81. The second kappa shape index (κ2) is 5.48. The van der Waals surface area contributed by atoms with Gasteiger partial charge in [-0.2, -0.15) is 0 Å². The van der Waals surface area contributed by atoms with Gasteiger partial charge in [0.25, 0.3) is 0 Å². The Labute approximate surface area is 123 Å². The molecular weight excluding hydrogens is 268 g/mol. The summed E-state index contributed by atoms with van der Waals surface area (Å²) in [4.78, 5) is 25.5. The molecule has 2 unspecified atom stereocenters. The Bertz CT molecular complexity index is 568. The zero-order valence-electron chi connectivity index (χ0n) is 11.9. The molecule has 1 heterocycles. The molecule has 21 heavy (non-hydrogen) atoms. The van der Waals surface area contributed by atoms with Crippen molar-refractivity contribution < 1.29 is 14.7 Å². The molecule has 0 bridgehead atoms. The van der Waals surface area contributed by atoms with Crippen molar-refractivity contribution in [3.8, 4) is 0 Å².